The van der Waals surface area contributed by atoms with Crippen LogP contribution in [0.2, 0.25) is 0 Å². The third-order valence-electron chi connectivity index (χ3n) is 5.73. The second kappa shape index (κ2) is 8.50. The summed E-state index contributed by atoms with van der Waals surface area (Å²) in [6.45, 7) is 2.79. The fourth-order valence-corrected chi connectivity index (χ4v) is 4.37. The van der Waals surface area contributed by atoms with Gasteiger partial charge in [0.05, 0.1) is 18.4 Å². The van der Waals surface area contributed by atoms with Gasteiger partial charge in [-0.1, -0.05) is 43.7 Å². The molecule has 25 heavy (non-hydrogen) atoms. The van der Waals surface area contributed by atoms with Crippen LogP contribution in [0.1, 0.15) is 51.0 Å². The van der Waals surface area contributed by atoms with Crippen molar-refractivity contribution < 1.29 is 19.1 Å². The van der Waals surface area contributed by atoms with E-state index in [0.717, 1.165) is 44.1 Å². The first-order valence-electron chi connectivity index (χ1n) is 9.58. The summed E-state index contributed by atoms with van der Waals surface area (Å²) in [5, 5.41) is 0. The normalized spacial score (nSPS) is 27.7. The van der Waals surface area contributed by atoms with Gasteiger partial charge >= 0.3 is 11.9 Å². The van der Waals surface area contributed by atoms with E-state index in [1.165, 1.54) is 0 Å². The van der Waals surface area contributed by atoms with Crippen LogP contribution in [0.25, 0.3) is 0 Å². The van der Waals surface area contributed by atoms with Gasteiger partial charge in [0, 0.05) is 0 Å². The van der Waals surface area contributed by atoms with E-state index < -0.39 is 0 Å². The van der Waals surface area contributed by atoms with Crippen LogP contribution in [0.3, 0.4) is 0 Å². The number of rotatable bonds is 7. The molecule has 0 spiro atoms. The maximum atomic E-state index is 12.8. The van der Waals surface area contributed by atoms with Gasteiger partial charge in [-0.2, -0.15) is 0 Å². The molecule has 3 saturated carbocycles. The van der Waals surface area contributed by atoms with E-state index in [2.05, 4.69) is 6.92 Å². The summed E-state index contributed by atoms with van der Waals surface area (Å²) in [6, 6.07) is 9.68. The molecule has 1 aromatic carbocycles. The maximum Gasteiger partial charge on any atom is 0.310 e. The van der Waals surface area contributed by atoms with Gasteiger partial charge in [-0.05, 0) is 49.5 Å². The molecule has 0 N–H and O–H groups in total. The number of hydrogen-bond donors (Lipinski definition) is 0. The van der Waals surface area contributed by atoms with Crippen LogP contribution in [0.4, 0.5) is 0 Å². The number of fused-ring (bicyclic) bond motifs is 3. The van der Waals surface area contributed by atoms with E-state index in [4.69, 9.17) is 9.47 Å². The van der Waals surface area contributed by atoms with Gasteiger partial charge in [0.2, 0.25) is 0 Å². The van der Waals surface area contributed by atoms with E-state index in [1.54, 1.807) is 0 Å². The molecule has 2 bridgehead atoms. The van der Waals surface area contributed by atoms with Crippen LogP contribution in [0, 0.1) is 23.7 Å². The van der Waals surface area contributed by atoms with Crippen LogP contribution >= 0.6 is 0 Å². The van der Waals surface area contributed by atoms with Crippen molar-refractivity contribution in [3.63, 3.8) is 0 Å². The van der Waals surface area contributed by atoms with Crippen molar-refractivity contribution in [2.45, 2.75) is 52.1 Å². The Morgan fingerprint density at radius 1 is 0.920 bits per heavy atom. The molecular weight excluding hydrogens is 316 g/mol. The lowest BCUT2D eigenvalue weighted by Crippen LogP contribution is -2.48. The number of benzene rings is 1. The van der Waals surface area contributed by atoms with Crippen molar-refractivity contribution in [3.05, 3.63) is 35.9 Å². The molecule has 0 saturated heterocycles. The van der Waals surface area contributed by atoms with Crippen LogP contribution in [-0.4, -0.2) is 18.5 Å². The van der Waals surface area contributed by atoms with Crippen LogP contribution in [0.5, 0.6) is 0 Å². The number of carbonyl (C=O) groups is 2. The van der Waals surface area contributed by atoms with Crippen molar-refractivity contribution in [3.8, 4) is 0 Å². The standard InChI is InChI=1S/C21H28O4/c1-2-3-13-24-20(22)18-16-9-11-17(12-10-16)19(18)21(23)25-14-15-7-5-4-6-8-15/h4-8,16-19H,2-3,9-14H2,1H3. The zero-order chi connectivity index (χ0) is 17.6. The highest BCUT2D eigenvalue weighted by Gasteiger charge is 2.51. The molecular formula is C21H28O4. The number of esters is 2. The average molecular weight is 344 g/mol. The van der Waals surface area contributed by atoms with Gasteiger partial charge in [0.25, 0.3) is 0 Å². The topological polar surface area (TPSA) is 52.6 Å². The third kappa shape index (κ3) is 4.23. The average Bonchev–Trinajstić information content (AvgIpc) is 2.67. The monoisotopic (exact) mass is 344 g/mol. The lowest BCUT2D eigenvalue weighted by molar-refractivity contribution is -0.174. The highest BCUT2D eigenvalue weighted by atomic mass is 16.5. The Kier molecular flexibility index (Phi) is 6.11. The highest BCUT2D eigenvalue weighted by Crippen LogP contribution is 2.49. The van der Waals surface area contributed by atoms with Gasteiger partial charge < -0.3 is 9.47 Å². The Hall–Kier alpha value is -1.84. The third-order valence-corrected chi connectivity index (χ3v) is 5.73. The predicted molar refractivity (Wildman–Crippen MR) is 94.5 cm³/mol. The quantitative estimate of drug-likeness (QED) is 0.551. The summed E-state index contributed by atoms with van der Waals surface area (Å²) in [5.41, 5.74) is 0.971. The first kappa shape index (κ1) is 18.0. The Bertz CT molecular complexity index is 575. The smallest absolute Gasteiger partial charge is 0.310 e. The molecule has 0 heterocycles. The Labute approximate surface area is 149 Å². The lowest BCUT2D eigenvalue weighted by atomic mass is 9.58. The molecule has 4 nitrogen and oxygen atoms in total. The fourth-order valence-electron chi connectivity index (χ4n) is 4.37. The second-order valence-corrected chi connectivity index (χ2v) is 7.34. The fraction of sp³-hybridized carbons (Fsp3) is 0.619. The van der Waals surface area contributed by atoms with Crippen LogP contribution in [-0.2, 0) is 25.7 Å². The maximum absolute atomic E-state index is 12.8. The predicted octanol–water partition coefficient (Wildman–Crippen LogP) is 4.13. The van der Waals surface area contributed by atoms with Gasteiger partial charge in [0.15, 0.2) is 0 Å². The first-order chi connectivity index (χ1) is 12.2. The Morgan fingerprint density at radius 2 is 1.48 bits per heavy atom. The van der Waals surface area contributed by atoms with E-state index in [-0.39, 0.29) is 42.2 Å². The van der Waals surface area contributed by atoms with Gasteiger partial charge in [-0.3, -0.25) is 9.59 Å². The van der Waals surface area contributed by atoms with Crippen molar-refractivity contribution in [2.75, 3.05) is 6.61 Å². The second-order valence-electron chi connectivity index (χ2n) is 7.34. The molecule has 2 unspecified atom stereocenters. The summed E-state index contributed by atoms with van der Waals surface area (Å²) in [4.78, 5) is 25.4. The molecule has 4 rings (SSSR count). The summed E-state index contributed by atoms with van der Waals surface area (Å²) < 4.78 is 11.1. The van der Waals surface area contributed by atoms with E-state index in [1.807, 2.05) is 30.3 Å². The van der Waals surface area contributed by atoms with E-state index in [9.17, 15) is 9.59 Å². The molecule has 0 amide bonds. The molecule has 3 fully saturated rings. The van der Waals surface area contributed by atoms with E-state index >= 15 is 0 Å². The molecule has 3 aliphatic rings. The summed E-state index contributed by atoms with van der Waals surface area (Å²) in [5.74, 6) is -0.524. The molecule has 3 aliphatic carbocycles. The SMILES string of the molecule is CCCCOC(=O)C1C2CCC(CC2)C1C(=O)OCc1ccccc1. The molecule has 2 atom stereocenters. The van der Waals surface area contributed by atoms with Crippen LogP contribution in [0.15, 0.2) is 30.3 Å². The van der Waals surface area contributed by atoms with Crippen LogP contribution < -0.4 is 0 Å². The summed E-state index contributed by atoms with van der Waals surface area (Å²) >= 11 is 0. The largest absolute Gasteiger partial charge is 0.465 e. The lowest BCUT2D eigenvalue weighted by Gasteiger charge is -2.45. The Morgan fingerprint density at radius 3 is 2.04 bits per heavy atom. The number of carbonyl (C=O) groups excluding carboxylic acids is 2. The molecule has 136 valence electrons. The Balaban J connectivity index is 1.65. The summed E-state index contributed by atoms with van der Waals surface area (Å²) in [6.07, 6.45) is 5.96. The minimum atomic E-state index is -0.328. The first-order valence-corrected chi connectivity index (χ1v) is 9.58. The zero-order valence-corrected chi connectivity index (χ0v) is 15.0. The number of unbranched alkanes of at least 4 members (excludes halogenated alkanes) is 1. The summed E-state index contributed by atoms with van der Waals surface area (Å²) in [7, 11) is 0. The highest BCUT2D eigenvalue weighted by molar-refractivity contribution is 5.83. The molecule has 4 heteroatoms. The molecule has 0 radical (unpaired) electrons. The zero-order valence-electron chi connectivity index (χ0n) is 15.0. The van der Waals surface area contributed by atoms with E-state index in [0.29, 0.717) is 6.61 Å². The van der Waals surface area contributed by atoms with Crippen molar-refractivity contribution >= 4 is 11.9 Å². The van der Waals surface area contributed by atoms with Gasteiger partial charge in [-0.15, -0.1) is 0 Å². The van der Waals surface area contributed by atoms with Crippen molar-refractivity contribution in [1.29, 1.82) is 0 Å². The molecule has 0 aliphatic heterocycles. The van der Waals surface area contributed by atoms with Crippen molar-refractivity contribution in [1.82, 2.24) is 0 Å². The minimum absolute atomic E-state index is 0.190. The number of ether oxygens (including phenoxy) is 2. The van der Waals surface area contributed by atoms with Gasteiger partial charge in [0.1, 0.15) is 6.61 Å². The van der Waals surface area contributed by atoms with Gasteiger partial charge in [-0.25, -0.2) is 0 Å². The molecule has 0 aromatic heterocycles. The molecule has 1 aromatic rings. The number of hydrogen-bond acceptors (Lipinski definition) is 4. The van der Waals surface area contributed by atoms with Crippen molar-refractivity contribution in [2.24, 2.45) is 23.7 Å². The minimum Gasteiger partial charge on any atom is -0.465 e.